The summed E-state index contributed by atoms with van der Waals surface area (Å²) in [4.78, 5) is 40.9. The lowest BCUT2D eigenvalue weighted by Crippen LogP contribution is -2.46. The summed E-state index contributed by atoms with van der Waals surface area (Å²) >= 11 is 10.8. The van der Waals surface area contributed by atoms with Crippen LogP contribution >= 0.6 is 24.4 Å². The Balaban J connectivity index is 0.000000453. The predicted molar refractivity (Wildman–Crippen MR) is 176 cm³/mol. The van der Waals surface area contributed by atoms with E-state index in [0.29, 0.717) is 50.4 Å². The van der Waals surface area contributed by atoms with Crippen LogP contribution in [0.4, 0.5) is 4.79 Å². The van der Waals surface area contributed by atoms with Crippen LogP contribution in [0, 0.1) is 0 Å². The standard InChI is InChI=1S/C17H31N3O4S.C12H23N3O2S/c1-17(2,3)24-16(22)20-11-12(10-13(20)15(25)19(4)5)23-9-7-6-8-14(18)21;1-15(2)12(18)10-7-9(8-14-10)17-6-4-3-5-11(13)16/h12-13H,6-11H2,1-5H3,(H2,18,21);9-10,14H,3-8H2,1-2H3,(H2,13,16)/t12-,13+;9-,10+/m11/s1. The van der Waals surface area contributed by atoms with E-state index in [-0.39, 0.29) is 42.2 Å². The molecule has 0 bridgehead atoms. The van der Waals surface area contributed by atoms with E-state index in [4.69, 9.17) is 50.1 Å². The van der Waals surface area contributed by atoms with Gasteiger partial charge < -0.3 is 40.8 Å². The third kappa shape index (κ3) is 16.0. The number of amides is 3. The number of carbonyl (C=O) groups excluding carboxylic acids is 3. The number of nitrogens with one attached hydrogen (secondary N) is 1. The zero-order valence-electron chi connectivity index (χ0n) is 27.1. The normalized spacial score (nSPS) is 21.5. The fourth-order valence-electron chi connectivity index (χ4n) is 4.61. The summed E-state index contributed by atoms with van der Waals surface area (Å²) in [7, 11) is 7.66. The number of thiocarbonyl (C=S) groups is 2. The molecule has 14 heteroatoms. The molecule has 248 valence electrons. The van der Waals surface area contributed by atoms with Gasteiger partial charge in [-0.25, -0.2) is 4.79 Å². The van der Waals surface area contributed by atoms with Crippen molar-refractivity contribution in [1.29, 1.82) is 0 Å². The van der Waals surface area contributed by atoms with Crippen molar-refractivity contribution in [3.8, 4) is 0 Å². The van der Waals surface area contributed by atoms with Crippen molar-refractivity contribution in [2.75, 3.05) is 54.5 Å². The SMILES string of the molecule is CN(C)C(=S)[C@@H]1C[C@@H](OCCCCC(N)=O)CN1.CN(C)C(=S)[C@@H]1C[C@@H](OCCCCC(N)=O)CN1C(=O)OC(C)(C)C. The topological polar surface area (TPSA) is 153 Å². The highest BCUT2D eigenvalue weighted by Gasteiger charge is 2.40. The minimum Gasteiger partial charge on any atom is -0.444 e. The van der Waals surface area contributed by atoms with E-state index in [1.165, 1.54) is 0 Å². The van der Waals surface area contributed by atoms with Gasteiger partial charge in [0.25, 0.3) is 0 Å². The molecule has 0 aromatic heterocycles. The van der Waals surface area contributed by atoms with Crippen molar-refractivity contribution in [3.05, 3.63) is 0 Å². The molecule has 12 nitrogen and oxygen atoms in total. The minimum atomic E-state index is -0.560. The molecule has 0 radical (unpaired) electrons. The Bertz CT molecular complexity index is 930. The Morgan fingerprint density at radius 2 is 1.35 bits per heavy atom. The Kier molecular flexibility index (Phi) is 17.5. The zero-order chi connectivity index (χ0) is 32.7. The Hall–Kier alpha value is -2.13. The van der Waals surface area contributed by atoms with Gasteiger partial charge in [-0.2, -0.15) is 0 Å². The highest BCUT2D eigenvalue weighted by molar-refractivity contribution is 7.80. The summed E-state index contributed by atoms with van der Waals surface area (Å²) in [6, 6.07) is 0.0288. The van der Waals surface area contributed by atoms with E-state index in [2.05, 4.69) is 5.32 Å². The number of carbonyl (C=O) groups is 3. The highest BCUT2D eigenvalue weighted by Crippen LogP contribution is 2.25. The van der Waals surface area contributed by atoms with Gasteiger partial charge >= 0.3 is 6.09 Å². The molecule has 4 atom stereocenters. The Morgan fingerprint density at radius 3 is 1.81 bits per heavy atom. The number of unbranched alkanes of at least 4 members (excludes halogenated alkanes) is 2. The van der Waals surface area contributed by atoms with Crippen molar-refractivity contribution in [1.82, 2.24) is 20.0 Å². The first-order valence-corrected chi connectivity index (χ1v) is 15.8. The van der Waals surface area contributed by atoms with Crippen molar-refractivity contribution in [2.24, 2.45) is 11.5 Å². The Morgan fingerprint density at radius 1 is 0.837 bits per heavy atom. The van der Waals surface area contributed by atoms with Crippen LogP contribution in [-0.2, 0) is 23.8 Å². The lowest BCUT2D eigenvalue weighted by molar-refractivity contribution is -0.119. The third-order valence-corrected chi connectivity index (χ3v) is 8.07. The fraction of sp³-hybridized carbons (Fsp3) is 0.828. The molecule has 3 amide bonds. The van der Waals surface area contributed by atoms with Gasteiger partial charge in [0.2, 0.25) is 11.8 Å². The molecular formula is C29H54N6O6S2. The summed E-state index contributed by atoms with van der Waals surface area (Å²) in [5.74, 6) is -0.540. The molecular weight excluding hydrogens is 592 g/mol. The second-order valence-electron chi connectivity index (χ2n) is 12.4. The number of hydrogen-bond donors (Lipinski definition) is 3. The number of likely N-dealkylation sites (N-methyl/N-ethyl adjacent to an activating group) is 2. The summed E-state index contributed by atoms with van der Waals surface area (Å²) in [6.45, 7) is 8.02. The van der Waals surface area contributed by atoms with Gasteiger partial charge in [0.05, 0.1) is 35.8 Å². The van der Waals surface area contributed by atoms with E-state index in [0.717, 1.165) is 37.2 Å². The number of primary amides is 2. The highest BCUT2D eigenvalue weighted by atomic mass is 32.1. The van der Waals surface area contributed by atoms with Crippen molar-refractivity contribution < 1.29 is 28.6 Å². The molecule has 0 aliphatic carbocycles. The maximum atomic E-state index is 12.5. The lowest BCUT2D eigenvalue weighted by Gasteiger charge is -2.30. The van der Waals surface area contributed by atoms with Crippen LogP contribution in [-0.4, -0.2) is 127 Å². The van der Waals surface area contributed by atoms with Gasteiger partial charge in [-0.3, -0.25) is 14.5 Å². The molecule has 2 saturated heterocycles. The minimum absolute atomic E-state index is 0.0935. The molecule has 2 heterocycles. The van der Waals surface area contributed by atoms with Crippen molar-refractivity contribution >= 4 is 52.3 Å². The van der Waals surface area contributed by atoms with Crippen molar-refractivity contribution in [2.45, 2.75) is 102 Å². The largest absolute Gasteiger partial charge is 0.444 e. The van der Waals surface area contributed by atoms with Crippen LogP contribution in [0.15, 0.2) is 0 Å². The van der Waals surface area contributed by atoms with Gasteiger partial charge in [-0.1, -0.05) is 24.4 Å². The second kappa shape index (κ2) is 19.3. The summed E-state index contributed by atoms with van der Waals surface area (Å²) in [6.07, 6.45) is 5.28. The Labute approximate surface area is 268 Å². The van der Waals surface area contributed by atoms with Crippen LogP contribution < -0.4 is 16.8 Å². The fourth-order valence-corrected chi connectivity index (χ4v) is 5.01. The van der Waals surface area contributed by atoms with Gasteiger partial charge in [0.1, 0.15) is 10.6 Å². The molecule has 2 aliphatic heterocycles. The number of rotatable bonds is 14. The molecule has 0 unspecified atom stereocenters. The number of ether oxygens (including phenoxy) is 3. The van der Waals surface area contributed by atoms with Gasteiger partial charge in [-0.15, -0.1) is 0 Å². The third-order valence-electron chi connectivity index (χ3n) is 6.79. The summed E-state index contributed by atoms with van der Waals surface area (Å²) in [5.41, 5.74) is 9.63. The van der Waals surface area contributed by atoms with E-state index in [1.807, 2.05) is 58.8 Å². The number of hydrogen-bond acceptors (Lipinski definition) is 9. The quantitative estimate of drug-likeness (QED) is 0.188. The number of nitrogens with two attached hydrogens (primary N) is 2. The van der Waals surface area contributed by atoms with Gasteiger partial charge in [-0.05, 0) is 52.9 Å². The number of nitrogens with zero attached hydrogens (tertiary/aromatic N) is 3. The first-order valence-electron chi connectivity index (χ1n) is 15.0. The smallest absolute Gasteiger partial charge is 0.410 e. The maximum absolute atomic E-state index is 12.5. The predicted octanol–water partition coefficient (Wildman–Crippen LogP) is 2.20. The molecule has 0 aromatic rings. The molecule has 0 saturated carbocycles. The summed E-state index contributed by atoms with van der Waals surface area (Å²) in [5, 5.41) is 3.36. The molecule has 0 spiro atoms. The van der Waals surface area contributed by atoms with Crippen LogP contribution in [0.25, 0.3) is 0 Å². The molecule has 43 heavy (non-hydrogen) atoms. The van der Waals surface area contributed by atoms with Gasteiger partial charge in [0.15, 0.2) is 0 Å². The second-order valence-corrected chi connectivity index (χ2v) is 13.2. The average Bonchev–Trinajstić information content (AvgIpc) is 3.54. The maximum Gasteiger partial charge on any atom is 0.410 e. The lowest BCUT2D eigenvalue weighted by atomic mass is 10.2. The molecule has 5 N–H and O–H groups in total. The van der Waals surface area contributed by atoms with E-state index >= 15 is 0 Å². The first kappa shape index (κ1) is 38.9. The zero-order valence-corrected chi connectivity index (χ0v) is 28.7. The van der Waals surface area contributed by atoms with E-state index in [1.54, 1.807) is 4.90 Å². The van der Waals surface area contributed by atoms with E-state index in [9.17, 15) is 14.4 Å². The van der Waals surface area contributed by atoms with Crippen LogP contribution in [0.5, 0.6) is 0 Å². The van der Waals surface area contributed by atoms with Gasteiger partial charge in [0, 0.05) is 67.2 Å². The molecule has 2 aliphatic rings. The summed E-state index contributed by atoms with van der Waals surface area (Å²) < 4.78 is 17.1. The monoisotopic (exact) mass is 646 g/mol. The van der Waals surface area contributed by atoms with Crippen LogP contribution in [0.2, 0.25) is 0 Å². The van der Waals surface area contributed by atoms with Crippen LogP contribution in [0.1, 0.15) is 72.1 Å². The number of likely N-dealkylation sites (tertiary alicyclic amines) is 1. The first-order chi connectivity index (χ1) is 20.0. The van der Waals surface area contributed by atoms with E-state index < -0.39 is 5.60 Å². The van der Waals surface area contributed by atoms with Crippen LogP contribution in [0.3, 0.4) is 0 Å². The van der Waals surface area contributed by atoms with Crippen molar-refractivity contribution in [3.63, 3.8) is 0 Å². The average molecular weight is 647 g/mol. The molecule has 2 rings (SSSR count). The molecule has 2 fully saturated rings. The molecule has 0 aromatic carbocycles.